The first-order valence-corrected chi connectivity index (χ1v) is 4.13. The molecule has 0 nitrogen and oxygen atoms in total. The second-order valence-electron chi connectivity index (χ2n) is 3.40. The average Bonchev–Trinajstić information content (AvgIpc) is 2.44. The standard InChI is InChI=1S/C9H14/c1-2-8(3-1)4-5-9-6-7-9/h5,8H,1-4,6-7H2. The highest BCUT2D eigenvalue weighted by Crippen LogP contribution is 2.34. The molecular formula is C9H14. The van der Waals surface area contributed by atoms with Crippen LogP contribution in [0.3, 0.4) is 0 Å². The van der Waals surface area contributed by atoms with E-state index in [9.17, 15) is 0 Å². The van der Waals surface area contributed by atoms with Crippen LogP contribution >= 0.6 is 0 Å². The van der Waals surface area contributed by atoms with Crippen molar-refractivity contribution in [3.8, 4) is 0 Å². The Morgan fingerprint density at radius 2 is 2.11 bits per heavy atom. The molecule has 50 valence electrons. The molecule has 0 aromatic carbocycles. The van der Waals surface area contributed by atoms with Gasteiger partial charge in [-0.2, -0.15) is 0 Å². The maximum Gasteiger partial charge on any atom is -0.0283 e. The summed E-state index contributed by atoms with van der Waals surface area (Å²) in [7, 11) is 0. The van der Waals surface area contributed by atoms with Crippen LogP contribution in [-0.2, 0) is 0 Å². The van der Waals surface area contributed by atoms with Crippen LogP contribution in [0.5, 0.6) is 0 Å². The highest BCUT2D eigenvalue weighted by Gasteiger charge is 2.17. The molecule has 2 saturated carbocycles. The Morgan fingerprint density at radius 1 is 1.33 bits per heavy atom. The van der Waals surface area contributed by atoms with Crippen molar-refractivity contribution in [3.63, 3.8) is 0 Å². The van der Waals surface area contributed by atoms with Gasteiger partial charge >= 0.3 is 0 Å². The topological polar surface area (TPSA) is 0 Å². The van der Waals surface area contributed by atoms with Crippen LogP contribution in [0.1, 0.15) is 38.5 Å². The SMILES string of the molecule is C(CC1CCC1)=C1CC1. The molecule has 2 fully saturated rings. The molecule has 2 aliphatic rings. The van der Waals surface area contributed by atoms with Crippen molar-refractivity contribution in [1.29, 1.82) is 0 Å². The minimum absolute atomic E-state index is 1.08. The lowest BCUT2D eigenvalue weighted by Gasteiger charge is -2.23. The highest BCUT2D eigenvalue weighted by atomic mass is 14.2. The molecule has 2 aliphatic carbocycles. The van der Waals surface area contributed by atoms with Gasteiger partial charge in [-0.3, -0.25) is 0 Å². The fourth-order valence-electron chi connectivity index (χ4n) is 1.34. The van der Waals surface area contributed by atoms with Gasteiger partial charge in [0.15, 0.2) is 0 Å². The van der Waals surface area contributed by atoms with E-state index in [-0.39, 0.29) is 0 Å². The molecule has 9 heavy (non-hydrogen) atoms. The minimum atomic E-state index is 1.08. The maximum absolute atomic E-state index is 2.48. The smallest absolute Gasteiger partial charge is 0.0283 e. The Hall–Kier alpha value is -0.260. The number of rotatable bonds is 2. The summed E-state index contributed by atoms with van der Waals surface area (Å²) in [6, 6.07) is 0. The van der Waals surface area contributed by atoms with Gasteiger partial charge < -0.3 is 0 Å². The van der Waals surface area contributed by atoms with Crippen molar-refractivity contribution in [1.82, 2.24) is 0 Å². The summed E-state index contributed by atoms with van der Waals surface area (Å²) in [6.07, 6.45) is 11.2. The minimum Gasteiger partial charge on any atom is -0.0850 e. The van der Waals surface area contributed by atoms with Crippen LogP contribution in [0.4, 0.5) is 0 Å². The van der Waals surface area contributed by atoms with Crippen molar-refractivity contribution in [3.05, 3.63) is 11.6 Å². The van der Waals surface area contributed by atoms with Gasteiger partial charge in [0.2, 0.25) is 0 Å². The highest BCUT2D eigenvalue weighted by molar-refractivity contribution is 5.16. The monoisotopic (exact) mass is 122 g/mol. The van der Waals surface area contributed by atoms with Gasteiger partial charge in [0.1, 0.15) is 0 Å². The van der Waals surface area contributed by atoms with Gasteiger partial charge in [-0.05, 0) is 25.2 Å². The quantitative estimate of drug-likeness (QED) is 0.494. The molecule has 0 unspecified atom stereocenters. The Balaban J connectivity index is 1.70. The van der Waals surface area contributed by atoms with Crippen LogP contribution in [0.15, 0.2) is 11.6 Å². The third-order valence-corrected chi connectivity index (χ3v) is 2.50. The van der Waals surface area contributed by atoms with Gasteiger partial charge in [-0.25, -0.2) is 0 Å². The fraction of sp³-hybridized carbons (Fsp3) is 0.778. The second-order valence-corrected chi connectivity index (χ2v) is 3.40. The van der Waals surface area contributed by atoms with E-state index < -0.39 is 0 Å². The van der Waals surface area contributed by atoms with Gasteiger partial charge in [0, 0.05) is 0 Å². The predicted octanol–water partition coefficient (Wildman–Crippen LogP) is 2.90. The molecule has 0 saturated heterocycles. The van der Waals surface area contributed by atoms with Crippen LogP contribution < -0.4 is 0 Å². The van der Waals surface area contributed by atoms with E-state index in [2.05, 4.69) is 6.08 Å². The molecular weight excluding hydrogens is 108 g/mol. The molecule has 2 rings (SSSR count). The number of allylic oxidation sites excluding steroid dienone is 2. The Morgan fingerprint density at radius 3 is 2.56 bits per heavy atom. The fourth-order valence-corrected chi connectivity index (χ4v) is 1.34. The molecule has 0 aromatic heterocycles. The average molecular weight is 122 g/mol. The van der Waals surface area contributed by atoms with Gasteiger partial charge in [0.25, 0.3) is 0 Å². The number of hydrogen-bond donors (Lipinski definition) is 0. The molecule has 0 N–H and O–H groups in total. The van der Waals surface area contributed by atoms with Crippen LogP contribution in [-0.4, -0.2) is 0 Å². The summed E-state index contributed by atoms with van der Waals surface area (Å²) in [4.78, 5) is 0. The Kier molecular flexibility index (Phi) is 1.33. The van der Waals surface area contributed by atoms with E-state index in [4.69, 9.17) is 0 Å². The molecule has 0 aromatic rings. The van der Waals surface area contributed by atoms with Gasteiger partial charge in [-0.1, -0.05) is 30.9 Å². The van der Waals surface area contributed by atoms with Crippen LogP contribution in [0.25, 0.3) is 0 Å². The maximum atomic E-state index is 2.48. The summed E-state index contributed by atoms with van der Waals surface area (Å²) in [5.74, 6) is 1.08. The summed E-state index contributed by atoms with van der Waals surface area (Å²) in [6.45, 7) is 0. The zero-order chi connectivity index (χ0) is 6.10. The predicted molar refractivity (Wildman–Crippen MR) is 39.3 cm³/mol. The second kappa shape index (κ2) is 2.17. The Labute approximate surface area is 57.0 Å². The van der Waals surface area contributed by atoms with Crippen LogP contribution in [0.2, 0.25) is 0 Å². The van der Waals surface area contributed by atoms with Gasteiger partial charge in [0.05, 0.1) is 0 Å². The summed E-state index contributed by atoms with van der Waals surface area (Å²) < 4.78 is 0. The van der Waals surface area contributed by atoms with Gasteiger partial charge in [-0.15, -0.1) is 0 Å². The molecule has 0 heterocycles. The van der Waals surface area contributed by atoms with Crippen molar-refractivity contribution < 1.29 is 0 Å². The molecule has 0 heteroatoms. The van der Waals surface area contributed by atoms with E-state index in [1.165, 1.54) is 38.5 Å². The van der Waals surface area contributed by atoms with E-state index >= 15 is 0 Å². The third-order valence-electron chi connectivity index (χ3n) is 2.50. The molecule has 0 atom stereocenters. The third kappa shape index (κ3) is 1.35. The molecule has 0 bridgehead atoms. The first-order chi connectivity index (χ1) is 4.45. The van der Waals surface area contributed by atoms with Crippen molar-refractivity contribution >= 4 is 0 Å². The normalized spacial score (nSPS) is 25.6. The van der Waals surface area contributed by atoms with E-state index in [1.54, 1.807) is 5.57 Å². The summed E-state index contributed by atoms with van der Waals surface area (Å²) in [5.41, 5.74) is 1.72. The lowest BCUT2D eigenvalue weighted by Crippen LogP contribution is -2.08. The molecule has 0 radical (unpaired) electrons. The summed E-state index contributed by atoms with van der Waals surface area (Å²) in [5, 5.41) is 0. The van der Waals surface area contributed by atoms with Crippen molar-refractivity contribution in [2.45, 2.75) is 38.5 Å². The largest absolute Gasteiger partial charge is 0.0850 e. The molecule has 0 amide bonds. The first kappa shape index (κ1) is 5.52. The van der Waals surface area contributed by atoms with E-state index in [0.29, 0.717) is 0 Å². The molecule has 0 spiro atoms. The van der Waals surface area contributed by atoms with Crippen molar-refractivity contribution in [2.75, 3.05) is 0 Å². The van der Waals surface area contributed by atoms with E-state index in [0.717, 1.165) is 5.92 Å². The summed E-state index contributed by atoms with van der Waals surface area (Å²) >= 11 is 0. The van der Waals surface area contributed by atoms with Crippen molar-refractivity contribution in [2.24, 2.45) is 5.92 Å². The lowest BCUT2D eigenvalue weighted by molar-refractivity contribution is 0.319. The zero-order valence-corrected chi connectivity index (χ0v) is 5.90. The first-order valence-electron chi connectivity index (χ1n) is 4.13. The van der Waals surface area contributed by atoms with Crippen LogP contribution in [0, 0.1) is 5.92 Å². The number of hydrogen-bond acceptors (Lipinski definition) is 0. The van der Waals surface area contributed by atoms with E-state index in [1.807, 2.05) is 0 Å². The lowest BCUT2D eigenvalue weighted by atomic mass is 9.83. The Bertz CT molecular complexity index is 123. The molecule has 0 aliphatic heterocycles. The zero-order valence-electron chi connectivity index (χ0n) is 5.90.